The normalized spacial score (nSPS) is 13.7. The van der Waals surface area contributed by atoms with Gasteiger partial charge in [-0.15, -0.1) is 0 Å². The van der Waals surface area contributed by atoms with Gasteiger partial charge in [-0.05, 0) is 41.3 Å². The number of benzene rings is 3. The topological polar surface area (TPSA) is 34.0 Å². The average molecular weight is 422 g/mol. The van der Waals surface area contributed by atoms with E-state index in [1.54, 1.807) is 25.3 Å². The summed E-state index contributed by atoms with van der Waals surface area (Å²) in [7, 11) is 1.64. The Morgan fingerprint density at radius 3 is 2.32 bits per heavy atom. The van der Waals surface area contributed by atoms with Gasteiger partial charge in [0.25, 0.3) is 0 Å². The van der Waals surface area contributed by atoms with Crippen molar-refractivity contribution in [1.29, 1.82) is 0 Å². The minimum absolute atomic E-state index is 0.182. The smallest absolute Gasteiger partial charge is 0.393 e. The summed E-state index contributed by atoms with van der Waals surface area (Å²) in [5, 5.41) is 0. The van der Waals surface area contributed by atoms with Crippen LogP contribution in [0.25, 0.3) is 11.1 Å². The van der Waals surface area contributed by atoms with Gasteiger partial charge in [-0.25, -0.2) is 4.99 Å². The first kappa shape index (κ1) is 20.8. The lowest BCUT2D eigenvalue weighted by Gasteiger charge is -2.12. The minimum Gasteiger partial charge on any atom is -0.496 e. The van der Waals surface area contributed by atoms with E-state index >= 15 is 0 Å². The van der Waals surface area contributed by atoms with Gasteiger partial charge in [0.05, 0.1) is 25.8 Å². The van der Waals surface area contributed by atoms with E-state index in [1.807, 2.05) is 49.4 Å². The third-order valence-corrected chi connectivity index (χ3v) is 5.23. The molecule has 158 valence electrons. The first-order chi connectivity index (χ1) is 14.9. The molecule has 1 aliphatic heterocycles. The van der Waals surface area contributed by atoms with E-state index < -0.39 is 12.6 Å². The molecule has 0 aromatic heterocycles. The molecule has 0 radical (unpaired) electrons. The summed E-state index contributed by atoms with van der Waals surface area (Å²) in [4.78, 5) is 8.99. The van der Waals surface area contributed by atoms with E-state index in [9.17, 15) is 13.2 Å². The molecule has 0 atom stereocenters. The number of aliphatic imine (C=N–C) groups is 2. The van der Waals surface area contributed by atoms with Gasteiger partial charge >= 0.3 is 6.18 Å². The first-order valence-corrected chi connectivity index (χ1v) is 9.87. The fourth-order valence-electron chi connectivity index (χ4n) is 3.77. The highest BCUT2D eigenvalue weighted by atomic mass is 19.4. The van der Waals surface area contributed by atoms with Crippen LogP contribution in [0, 0.1) is 6.92 Å². The maximum atomic E-state index is 12.9. The van der Waals surface area contributed by atoms with Gasteiger partial charge in [-0.1, -0.05) is 54.6 Å². The standard InChI is InChI=1S/C25H21F3N2O/c1-16-13-17(11-12-19(16)21-9-5-6-10-23(21)31-2)22-15-29-24(30-22)20-8-4-3-7-18(20)14-25(26,27)28/h3-13H,14-15H2,1-2H3. The van der Waals surface area contributed by atoms with Gasteiger partial charge in [0.1, 0.15) is 5.75 Å². The zero-order chi connectivity index (χ0) is 22.0. The number of halogens is 3. The van der Waals surface area contributed by atoms with E-state index in [0.717, 1.165) is 33.7 Å². The Morgan fingerprint density at radius 1 is 0.903 bits per heavy atom. The summed E-state index contributed by atoms with van der Waals surface area (Å²) in [6.45, 7) is 2.35. The van der Waals surface area contributed by atoms with Gasteiger partial charge in [-0.2, -0.15) is 13.2 Å². The molecule has 0 aliphatic carbocycles. The number of nitrogens with zero attached hydrogens (tertiary/aromatic N) is 2. The number of alkyl halides is 3. The number of hydrogen-bond acceptors (Lipinski definition) is 3. The zero-order valence-corrected chi connectivity index (χ0v) is 17.2. The zero-order valence-electron chi connectivity index (χ0n) is 17.2. The number of para-hydroxylation sites is 1. The first-order valence-electron chi connectivity index (χ1n) is 9.87. The van der Waals surface area contributed by atoms with Crippen molar-refractivity contribution in [2.24, 2.45) is 9.98 Å². The fourth-order valence-corrected chi connectivity index (χ4v) is 3.77. The number of amidine groups is 1. The van der Waals surface area contributed by atoms with E-state index in [2.05, 4.69) is 9.98 Å². The Kier molecular flexibility index (Phi) is 5.63. The number of aryl methyl sites for hydroxylation is 1. The predicted octanol–water partition coefficient (Wildman–Crippen LogP) is 6.02. The molecule has 0 saturated heterocycles. The minimum atomic E-state index is -4.28. The number of ether oxygens (including phenoxy) is 1. The maximum Gasteiger partial charge on any atom is 0.393 e. The molecule has 3 aromatic carbocycles. The van der Waals surface area contributed by atoms with E-state index in [0.29, 0.717) is 17.9 Å². The third kappa shape index (κ3) is 4.53. The van der Waals surface area contributed by atoms with Crippen molar-refractivity contribution >= 4 is 11.5 Å². The second kappa shape index (κ2) is 8.38. The van der Waals surface area contributed by atoms with Crippen molar-refractivity contribution in [1.82, 2.24) is 0 Å². The van der Waals surface area contributed by atoms with Crippen LogP contribution in [0.3, 0.4) is 0 Å². The summed E-state index contributed by atoms with van der Waals surface area (Å²) >= 11 is 0. The third-order valence-electron chi connectivity index (χ3n) is 5.23. The van der Waals surface area contributed by atoms with Gasteiger partial charge in [0.15, 0.2) is 5.84 Å². The predicted molar refractivity (Wildman–Crippen MR) is 117 cm³/mol. The molecule has 4 rings (SSSR count). The van der Waals surface area contributed by atoms with Crippen LogP contribution in [0.2, 0.25) is 0 Å². The summed E-state index contributed by atoms with van der Waals surface area (Å²) in [5.41, 5.74) is 5.36. The Balaban J connectivity index is 1.63. The van der Waals surface area contributed by atoms with Crippen LogP contribution in [-0.2, 0) is 6.42 Å². The molecule has 3 nitrogen and oxygen atoms in total. The van der Waals surface area contributed by atoms with E-state index in [4.69, 9.17) is 4.74 Å². The molecular weight excluding hydrogens is 401 g/mol. The summed E-state index contributed by atoms with van der Waals surface area (Å²) in [6, 6.07) is 20.2. The number of hydrogen-bond donors (Lipinski definition) is 0. The Hall–Kier alpha value is -3.41. The molecule has 0 amide bonds. The highest BCUT2D eigenvalue weighted by Gasteiger charge is 2.30. The van der Waals surface area contributed by atoms with Gasteiger partial charge < -0.3 is 4.74 Å². The van der Waals surface area contributed by atoms with Gasteiger partial charge in [-0.3, -0.25) is 4.99 Å². The van der Waals surface area contributed by atoms with Crippen LogP contribution in [0.15, 0.2) is 76.7 Å². The number of rotatable bonds is 5. The fraction of sp³-hybridized carbons (Fsp3) is 0.200. The number of methoxy groups -OCH3 is 1. The second-order valence-corrected chi connectivity index (χ2v) is 7.38. The van der Waals surface area contributed by atoms with Crippen molar-refractivity contribution in [2.45, 2.75) is 19.5 Å². The lowest BCUT2D eigenvalue weighted by atomic mass is 9.96. The van der Waals surface area contributed by atoms with Crippen molar-refractivity contribution in [2.75, 3.05) is 13.7 Å². The van der Waals surface area contributed by atoms with Crippen LogP contribution in [-0.4, -0.2) is 31.4 Å². The Morgan fingerprint density at radius 2 is 1.61 bits per heavy atom. The second-order valence-electron chi connectivity index (χ2n) is 7.38. The largest absolute Gasteiger partial charge is 0.496 e. The molecule has 0 saturated carbocycles. The highest BCUT2D eigenvalue weighted by molar-refractivity contribution is 6.17. The maximum absolute atomic E-state index is 12.9. The van der Waals surface area contributed by atoms with Crippen LogP contribution >= 0.6 is 0 Å². The van der Waals surface area contributed by atoms with Crippen LogP contribution in [0.5, 0.6) is 5.75 Å². The highest BCUT2D eigenvalue weighted by Crippen LogP contribution is 2.33. The van der Waals surface area contributed by atoms with Crippen molar-refractivity contribution in [3.8, 4) is 16.9 Å². The molecule has 1 aliphatic rings. The molecule has 3 aromatic rings. The molecule has 0 spiro atoms. The van der Waals surface area contributed by atoms with Crippen LogP contribution < -0.4 is 4.74 Å². The quantitative estimate of drug-likeness (QED) is 0.495. The molecule has 6 heteroatoms. The average Bonchev–Trinajstić information content (AvgIpc) is 3.23. The molecular formula is C25H21F3N2O. The van der Waals surface area contributed by atoms with Crippen molar-refractivity contribution in [3.63, 3.8) is 0 Å². The van der Waals surface area contributed by atoms with E-state index in [-0.39, 0.29) is 5.56 Å². The van der Waals surface area contributed by atoms with E-state index in [1.165, 1.54) is 6.07 Å². The van der Waals surface area contributed by atoms with Gasteiger partial charge in [0, 0.05) is 11.1 Å². The molecule has 0 bridgehead atoms. The molecule has 0 N–H and O–H groups in total. The lowest BCUT2D eigenvalue weighted by Crippen LogP contribution is -2.14. The van der Waals surface area contributed by atoms with Crippen molar-refractivity contribution < 1.29 is 17.9 Å². The molecule has 0 fully saturated rings. The Labute approximate surface area is 178 Å². The summed E-state index contributed by atoms with van der Waals surface area (Å²) < 4.78 is 44.3. The monoisotopic (exact) mass is 422 g/mol. The molecule has 0 unspecified atom stereocenters. The van der Waals surface area contributed by atoms with Crippen molar-refractivity contribution in [3.05, 3.63) is 89.0 Å². The van der Waals surface area contributed by atoms with Crippen LogP contribution in [0.1, 0.15) is 22.3 Å². The molecule has 31 heavy (non-hydrogen) atoms. The van der Waals surface area contributed by atoms with Gasteiger partial charge in [0.2, 0.25) is 0 Å². The Bertz CT molecular complexity index is 1180. The SMILES string of the molecule is COc1ccccc1-c1ccc(C2=NC(c3ccccc3CC(F)(F)F)=NC2)cc1C. The summed E-state index contributed by atoms with van der Waals surface area (Å²) in [6.07, 6.45) is -5.28. The molecule has 1 heterocycles. The lowest BCUT2D eigenvalue weighted by molar-refractivity contribution is -0.127. The van der Waals surface area contributed by atoms with Crippen LogP contribution in [0.4, 0.5) is 13.2 Å². The summed E-state index contributed by atoms with van der Waals surface area (Å²) in [5.74, 6) is 1.14.